The number of primary amides is 1. The number of hydrogen-bond acceptors (Lipinski definition) is 5. The first-order valence-electron chi connectivity index (χ1n) is 9.82. The van der Waals surface area contributed by atoms with Crippen LogP contribution in [0, 0.1) is 11.8 Å². The highest BCUT2D eigenvalue weighted by Crippen LogP contribution is 2.34. The Hall–Kier alpha value is -3.63. The van der Waals surface area contributed by atoms with Gasteiger partial charge in [0.05, 0.1) is 12.2 Å². The maximum Gasteiger partial charge on any atom is 0.338 e. The Kier molecular flexibility index (Phi) is 5.87. The number of ether oxygens (including phenoxy) is 1. The second kappa shape index (κ2) is 8.25. The third-order valence-electron chi connectivity index (χ3n) is 5.22. The van der Waals surface area contributed by atoms with Crippen molar-refractivity contribution >= 4 is 17.4 Å². The molecule has 1 amide bonds. The number of aliphatic hydroxyl groups is 1. The lowest BCUT2D eigenvalue weighted by molar-refractivity contribution is -0.136. The van der Waals surface area contributed by atoms with E-state index in [1.54, 1.807) is 45.3 Å². The van der Waals surface area contributed by atoms with Crippen molar-refractivity contribution < 1.29 is 19.4 Å². The van der Waals surface area contributed by atoms with Crippen LogP contribution in [0.5, 0.6) is 0 Å². The van der Waals surface area contributed by atoms with Gasteiger partial charge in [-0.2, -0.15) is 0 Å². The fraction of sp³-hybridized carbons (Fsp3) is 0.292. The van der Waals surface area contributed by atoms with E-state index in [0.717, 1.165) is 5.57 Å². The first-order chi connectivity index (χ1) is 14.6. The maximum absolute atomic E-state index is 12.7. The summed E-state index contributed by atoms with van der Waals surface area (Å²) < 4.78 is 6.59. The number of aryl methyl sites for hydroxylation is 1. The van der Waals surface area contributed by atoms with E-state index in [4.69, 9.17) is 10.5 Å². The number of pyridine rings is 1. The van der Waals surface area contributed by atoms with E-state index in [2.05, 4.69) is 11.8 Å². The monoisotopic (exact) mass is 420 g/mol. The van der Waals surface area contributed by atoms with E-state index in [1.807, 2.05) is 0 Å². The van der Waals surface area contributed by atoms with E-state index in [1.165, 1.54) is 17.6 Å². The second-order valence-electron chi connectivity index (χ2n) is 7.63. The number of nitrogens with zero attached hydrogens (tertiary/aromatic N) is 1. The lowest BCUT2D eigenvalue weighted by atomic mass is 9.93. The van der Waals surface area contributed by atoms with Crippen LogP contribution in [0.15, 0.2) is 40.8 Å². The average Bonchev–Trinajstić information content (AvgIpc) is 3.07. The van der Waals surface area contributed by atoms with Crippen molar-refractivity contribution in [1.82, 2.24) is 4.57 Å². The van der Waals surface area contributed by atoms with Crippen LogP contribution in [0.1, 0.15) is 53.4 Å². The van der Waals surface area contributed by atoms with Crippen LogP contribution in [-0.2, 0) is 28.6 Å². The summed E-state index contributed by atoms with van der Waals surface area (Å²) in [5.74, 6) is 4.62. The average molecular weight is 420 g/mol. The Bertz CT molecular complexity index is 1240. The predicted molar refractivity (Wildman–Crippen MR) is 116 cm³/mol. The highest BCUT2D eigenvalue weighted by Gasteiger charge is 2.31. The van der Waals surface area contributed by atoms with Crippen LogP contribution >= 0.6 is 0 Å². The quantitative estimate of drug-likeness (QED) is 0.577. The van der Waals surface area contributed by atoms with Crippen molar-refractivity contribution in [2.75, 3.05) is 6.61 Å². The Morgan fingerprint density at radius 3 is 2.71 bits per heavy atom. The largest absolute Gasteiger partial charge is 0.462 e. The summed E-state index contributed by atoms with van der Waals surface area (Å²) in [4.78, 5) is 36.7. The van der Waals surface area contributed by atoms with Gasteiger partial charge in [0.1, 0.15) is 5.60 Å². The normalized spacial score (nSPS) is 14.4. The van der Waals surface area contributed by atoms with E-state index in [9.17, 15) is 19.5 Å². The fourth-order valence-corrected chi connectivity index (χ4v) is 3.63. The highest BCUT2D eigenvalue weighted by atomic mass is 16.5. The SMILES string of the molecule is CCOC(=O)C1=C(C)Cc2c1c(C#CC(C)(O)c1cccc(C(N)=O)c1)cn(C)c2=O. The molecule has 160 valence electrons. The van der Waals surface area contributed by atoms with E-state index >= 15 is 0 Å². The summed E-state index contributed by atoms with van der Waals surface area (Å²) in [6, 6.07) is 6.28. The predicted octanol–water partition coefficient (Wildman–Crippen LogP) is 1.64. The molecule has 0 saturated heterocycles. The van der Waals surface area contributed by atoms with Crippen molar-refractivity contribution in [2.24, 2.45) is 12.8 Å². The topological polar surface area (TPSA) is 112 Å². The number of aromatic nitrogens is 1. The molecule has 7 heteroatoms. The molecule has 3 rings (SSSR count). The number of rotatable bonds is 4. The summed E-state index contributed by atoms with van der Waals surface area (Å²) in [6.07, 6.45) is 1.88. The molecule has 0 bridgehead atoms. The van der Waals surface area contributed by atoms with Crippen LogP contribution in [0.4, 0.5) is 0 Å². The molecule has 0 radical (unpaired) electrons. The number of amides is 1. The number of carbonyl (C=O) groups is 2. The van der Waals surface area contributed by atoms with Gasteiger partial charge in [0.25, 0.3) is 5.56 Å². The zero-order valence-electron chi connectivity index (χ0n) is 17.9. The van der Waals surface area contributed by atoms with Crippen molar-refractivity contribution in [3.8, 4) is 11.8 Å². The molecule has 31 heavy (non-hydrogen) atoms. The highest BCUT2D eigenvalue weighted by molar-refractivity contribution is 6.19. The molecule has 7 nitrogen and oxygen atoms in total. The second-order valence-corrected chi connectivity index (χ2v) is 7.63. The number of benzene rings is 1. The van der Waals surface area contributed by atoms with Gasteiger partial charge in [0, 0.05) is 41.9 Å². The van der Waals surface area contributed by atoms with Crippen LogP contribution in [0.3, 0.4) is 0 Å². The van der Waals surface area contributed by atoms with Crippen molar-refractivity contribution in [3.05, 3.63) is 74.2 Å². The van der Waals surface area contributed by atoms with E-state index < -0.39 is 17.5 Å². The molecule has 0 fully saturated rings. The third kappa shape index (κ3) is 4.16. The number of hydrogen-bond donors (Lipinski definition) is 2. The van der Waals surface area contributed by atoms with Gasteiger partial charge in [0.15, 0.2) is 0 Å². The Morgan fingerprint density at radius 1 is 1.35 bits per heavy atom. The first-order valence-corrected chi connectivity index (χ1v) is 9.82. The third-order valence-corrected chi connectivity index (χ3v) is 5.22. The molecule has 2 aromatic rings. The number of fused-ring (bicyclic) bond motifs is 1. The van der Waals surface area contributed by atoms with Gasteiger partial charge in [-0.15, -0.1) is 0 Å². The molecule has 1 unspecified atom stereocenters. The van der Waals surface area contributed by atoms with Crippen LogP contribution in [-0.4, -0.2) is 28.2 Å². The minimum Gasteiger partial charge on any atom is -0.462 e. The van der Waals surface area contributed by atoms with E-state index in [0.29, 0.717) is 34.2 Å². The molecular formula is C24H24N2O5. The molecule has 1 aromatic carbocycles. The van der Waals surface area contributed by atoms with Crippen molar-refractivity contribution in [1.29, 1.82) is 0 Å². The summed E-state index contributed by atoms with van der Waals surface area (Å²) in [7, 11) is 1.61. The van der Waals surface area contributed by atoms with Crippen LogP contribution < -0.4 is 11.3 Å². The standard InChI is InChI=1S/C24H24N2O5/c1-5-31-23(29)19-14(2)11-18-20(19)16(13-26(4)22(18)28)9-10-24(3,30)17-8-6-7-15(12-17)21(25)27/h6-8,12-13,30H,5,11H2,1-4H3,(H2,25,27). The molecule has 0 saturated carbocycles. The molecule has 1 aromatic heterocycles. The van der Waals surface area contributed by atoms with Gasteiger partial charge in [-0.3, -0.25) is 9.59 Å². The minimum absolute atomic E-state index is 0.208. The summed E-state index contributed by atoms with van der Waals surface area (Å²) in [5.41, 5.74) is 6.61. The first kappa shape index (κ1) is 22.1. The molecular weight excluding hydrogens is 396 g/mol. The van der Waals surface area contributed by atoms with Gasteiger partial charge < -0.3 is 20.1 Å². The molecule has 1 atom stereocenters. The van der Waals surface area contributed by atoms with Crippen molar-refractivity contribution in [2.45, 2.75) is 32.8 Å². The number of nitrogens with two attached hydrogens (primary N) is 1. The lowest BCUT2D eigenvalue weighted by Gasteiger charge is -2.17. The summed E-state index contributed by atoms with van der Waals surface area (Å²) >= 11 is 0. The molecule has 3 N–H and O–H groups in total. The molecule has 1 heterocycles. The molecule has 0 spiro atoms. The number of carbonyl (C=O) groups excluding carboxylic acids is 2. The Balaban J connectivity index is 2.14. The van der Waals surface area contributed by atoms with Gasteiger partial charge >= 0.3 is 5.97 Å². The summed E-state index contributed by atoms with van der Waals surface area (Å²) in [5, 5.41) is 10.9. The van der Waals surface area contributed by atoms with Gasteiger partial charge in [-0.05, 0) is 38.5 Å². The van der Waals surface area contributed by atoms with Crippen LogP contribution in [0.2, 0.25) is 0 Å². The summed E-state index contributed by atoms with van der Waals surface area (Å²) in [6.45, 7) is 5.21. The molecule has 1 aliphatic rings. The number of esters is 1. The van der Waals surface area contributed by atoms with Gasteiger partial charge in [-0.1, -0.05) is 29.5 Å². The molecule has 0 aliphatic heterocycles. The van der Waals surface area contributed by atoms with Gasteiger partial charge in [-0.25, -0.2) is 4.79 Å². The molecule has 1 aliphatic carbocycles. The van der Waals surface area contributed by atoms with Crippen molar-refractivity contribution in [3.63, 3.8) is 0 Å². The van der Waals surface area contributed by atoms with E-state index in [-0.39, 0.29) is 17.7 Å². The zero-order chi connectivity index (χ0) is 22.9. The lowest BCUT2D eigenvalue weighted by Crippen LogP contribution is -2.23. The Morgan fingerprint density at radius 2 is 2.06 bits per heavy atom. The smallest absolute Gasteiger partial charge is 0.338 e. The zero-order valence-corrected chi connectivity index (χ0v) is 17.9. The maximum atomic E-state index is 12.7. The van der Waals surface area contributed by atoms with Gasteiger partial charge in [0.2, 0.25) is 5.91 Å². The van der Waals surface area contributed by atoms with Crippen LogP contribution in [0.25, 0.3) is 5.57 Å². The fourth-order valence-electron chi connectivity index (χ4n) is 3.63. The minimum atomic E-state index is -1.60. The Labute approximate surface area is 180 Å². The number of allylic oxidation sites excluding steroid dienone is 1.